The molecule has 2 aromatic rings. The van der Waals surface area contributed by atoms with Gasteiger partial charge in [0.1, 0.15) is 0 Å². The van der Waals surface area contributed by atoms with E-state index in [1.54, 1.807) is 18.2 Å². The minimum atomic E-state index is -2.56. The maximum atomic E-state index is 12.5. The van der Waals surface area contributed by atoms with Crippen molar-refractivity contribution >= 4 is 40.7 Å². The highest BCUT2D eigenvalue weighted by Gasteiger charge is 2.14. The normalized spacial score (nSPS) is 10.7. The quantitative estimate of drug-likeness (QED) is 0.749. The highest BCUT2D eigenvalue weighted by atomic mass is 35.5. The molecule has 0 heterocycles. The largest absolute Gasteiger partial charge is 0.478 e. The van der Waals surface area contributed by atoms with Crippen LogP contribution in [0.2, 0.25) is 5.02 Å². The summed E-state index contributed by atoms with van der Waals surface area (Å²) in [5.41, 5.74) is 0.668. The van der Waals surface area contributed by atoms with Crippen LogP contribution < -0.4 is 5.32 Å². The highest BCUT2D eigenvalue weighted by Crippen LogP contribution is 2.34. The van der Waals surface area contributed by atoms with Crippen LogP contribution in [0.3, 0.4) is 0 Å². The number of anilines is 2. The number of thioether (sulfide) groups is 1. The molecule has 110 valence electrons. The van der Waals surface area contributed by atoms with Crippen LogP contribution in [0.15, 0.2) is 47.4 Å². The van der Waals surface area contributed by atoms with E-state index < -0.39 is 11.7 Å². The Morgan fingerprint density at radius 3 is 2.57 bits per heavy atom. The van der Waals surface area contributed by atoms with E-state index in [1.165, 1.54) is 24.3 Å². The molecular weight excluding hydrogens is 320 g/mol. The average Bonchev–Trinajstić information content (AvgIpc) is 2.42. The number of alkyl halides is 2. The van der Waals surface area contributed by atoms with Gasteiger partial charge in [-0.15, -0.1) is 0 Å². The van der Waals surface area contributed by atoms with E-state index in [0.29, 0.717) is 22.3 Å². The molecule has 3 nitrogen and oxygen atoms in total. The summed E-state index contributed by atoms with van der Waals surface area (Å²) in [4.78, 5) is 11.5. The Kier molecular flexibility index (Phi) is 5.03. The third-order valence-electron chi connectivity index (χ3n) is 2.58. The van der Waals surface area contributed by atoms with Crippen molar-refractivity contribution < 1.29 is 18.7 Å². The number of carbonyl (C=O) groups is 1. The SMILES string of the molecule is O=C(O)c1cc(Cl)ccc1Nc1ccccc1SC(F)F. The predicted octanol–water partition coefficient (Wildman–Crippen LogP) is 5.10. The number of hydrogen-bond acceptors (Lipinski definition) is 3. The third kappa shape index (κ3) is 4.09. The van der Waals surface area contributed by atoms with Gasteiger partial charge in [0.15, 0.2) is 0 Å². The zero-order chi connectivity index (χ0) is 15.4. The summed E-state index contributed by atoms with van der Waals surface area (Å²) in [7, 11) is 0. The van der Waals surface area contributed by atoms with Crippen molar-refractivity contribution in [3.63, 3.8) is 0 Å². The molecule has 0 amide bonds. The van der Waals surface area contributed by atoms with Gasteiger partial charge in [-0.25, -0.2) is 4.79 Å². The average molecular weight is 330 g/mol. The van der Waals surface area contributed by atoms with E-state index >= 15 is 0 Å². The molecule has 0 aliphatic heterocycles. The van der Waals surface area contributed by atoms with E-state index in [0.717, 1.165) is 0 Å². The number of benzene rings is 2. The van der Waals surface area contributed by atoms with Crippen molar-refractivity contribution in [2.75, 3.05) is 5.32 Å². The Bertz CT molecular complexity index is 667. The standard InChI is InChI=1S/C14H10ClF2NO2S/c15-8-5-6-10(9(7-8)13(19)20)18-11-3-1-2-4-12(11)21-14(16)17/h1-7,14,18H,(H,19,20). The summed E-state index contributed by atoms with van der Waals surface area (Å²) in [6.07, 6.45) is 0. The van der Waals surface area contributed by atoms with Crippen molar-refractivity contribution in [3.8, 4) is 0 Å². The van der Waals surface area contributed by atoms with Gasteiger partial charge >= 0.3 is 5.97 Å². The maximum absolute atomic E-state index is 12.5. The lowest BCUT2D eigenvalue weighted by Gasteiger charge is -2.13. The molecule has 0 atom stereocenters. The molecule has 0 spiro atoms. The first-order chi connectivity index (χ1) is 9.97. The lowest BCUT2D eigenvalue weighted by atomic mass is 10.1. The second-order valence-electron chi connectivity index (χ2n) is 3.99. The number of nitrogens with one attached hydrogen (secondary N) is 1. The van der Waals surface area contributed by atoms with Crippen LogP contribution in [0.4, 0.5) is 20.2 Å². The van der Waals surface area contributed by atoms with Crippen LogP contribution in [0.1, 0.15) is 10.4 Å². The van der Waals surface area contributed by atoms with Gasteiger partial charge in [-0.2, -0.15) is 8.78 Å². The van der Waals surface area contributed by atoms with Gasteiger partial charge in [0.05, 0.1) is 16.9 Å². The van der Waals surface area contributed by atoms with Crippen LogP contribution in [-0.4, -0.2) is 16.8 Å². The fraction of sp³-hybridized carbons (Fsp3) is 0.0714. The molecule has 0 saturated heterocycles. The van der Waals surface area contributed by atoms with Crippen molar-refractivity contribution in [2.45, 2.75) is 10.7 Å². The van der Waals surface area contributed by atoms with E-state index in [9.17, 15) is 13.6 Å². The maximum Gasteiger partial charge on any atom is 0.337 e. The zero-order valence-electron chi connectivity index (χ0n) is 10.5. The third-order valence-corrected chi connectivity index (χ3v) is 3.61. The van der Waals surface area contributed by atoms with Crippen molar-refractivity contribution in [1.82, 2.24) is 0 Å². The van der Waals surface area contributed by atoms with Gasteiger partial charge in [-0.1, -0.05) is 35.5 Å². The molecule has 0 radical (unpaired) electrons. The molecular formula is C14H10ClF2NO2S. The minimum Gasteiger partial charge on any atom is -0.478 e. The number of hydrogen-bond donors (Lipinski definition) is 2. The Balaban J connectivity index is 2.37. The van der Waals surface area contributed by atoms with Gasteiger partial charge in [0.25, 0.3) is 5.76 Å². The smallest absolute Gasteiger partial charge is 0.337 e. The minimum absolute atomic E-state index is 0.0284. The molecule has 21 heavy (non-hydrogen) atoms. The Hall–Kier alpha value is -1.79. The second-order valence-corrected chi connectivity index (χ2v) is 5.46. The number of aromatic carboxylic acids is 1. The van der Waals surface area contributed by atoms with E-state index in [1.807, 2.05) is 0 Å². The van der Waals surface area contributed by atoms with Gasteiger partial charge in [-0.3, -0.25) is 0 Å². The van der Waals surface area contributed by atoms with E-state index in [2.05, 4.69) is 5.32 Å². The number of halogens is 3. The molecule has 0 saturated carbocycles. The Labute approximate surface area is 128 Å². The number of rotatable bonds is 5. The molecule has 2 N–H and O–H groups in total. The molecule has 2 aromatic carbocycles. The summed E-state index contributed by atoms with van der Waals surface area (Å²) in [5, 5.41) is 12.3. The molecule has 0 aliphatic rings. The molecule has 0 bridgehead atoms. The monoisotopic (exact) mass is 329 g/mol. The zero-order valence-corrected chi connectivity index (χ0v) is 12.1. The first-order valence-electron chi connectivity index (χ1n) is 5.81. The lowest BCUT2D eigenvalue weighted by Crippen LogP contribution is -2.03. The summed E-state index contributed by atoms with van der Waals surface area (Å²) >= 11 is 6.16. The fourth-order valence-corrected chi connectivity index (χ4v) is 2.48. The lowest BCUT2D eigenvalue weighted by molar-refractivity contribution is 0.0698. The van der Waals surface area contributed by atoms with Gasteiger partial charge in [0.2, 0.25) is 0 Å². The van der Waals surface area contributed by atoms with Crippen LogP contribution >= 0.6 is 23.4 Å². The van der Waals surface area contributed by atoms with Crippen LogP contribution in [-0.2, 0) is 0 Å². The molecule has 0 aliphatic carbocycles. The number of carboxylic acid groups (broad SMARTS) is 1. The predicted molar refractivity (Wildman–Crippen MR) is 80.0 cm³/mol. The summed E-state index contributed by atoms with van der Waals surface area (Å²) < 4.78 is 25.0. The van der Waals surface area contributed by atoms with E-state index in [-0.39, 0.29) is 16.3 Å². The number of para-hydroxylation sites is 1. The Morgan fingerprint density at radius 2 is 1.90 bits per heavy atom. The van der Waals surface area contributed by atoms with Crippen LogP contribution in [0, 0.1) is 0 Å². The molecule has 0 fully saturated rings. The number of carboxylic acids is 1. The van der Waals surface area contributed by atoms with Gasteiger partial charge in [0, 0.05) is 9.92 Å². The summed E-state index contributed by atoms with van der Waals surface area (Å²) in [5.74, 6) is -3.71. The first-order valence-corrected chi connectivity index (χ1v) is 7.07. The Morgan fingerprint density at radius 1 is 1.19 bits per heavy atom. The highest BCUT2D eigenvalue weighted by molar-refractivity contribution is 7.99. The van der Waals surface area contributed by atoms with Crippen molar-refractivity contribution in [1.29, 1.82) is 0 Å². The van der Waals surface area contributed by atoms with E-state index in [4.69, 9.17) is 16.7 Å². The van der Waals surface area contributed by atoms with Crippen molar-refractivity contribution in [3.05, 3.63) is 53.1 Å². The first kappa shape index (κ1) is 15.6. The van der Waals surface area contributed by atoms with Gasteiger partial charge < -0.3 is 10.4 Å². The molecule has 0 aromatic heterocycles. The molecule has 7 heteroatoms. The fourth-order valence-electron chi connectivity index (χ4n) is 1.72. The van der Waals surface area contributed by atoms with Gasteiger partial charge in [-0.05, 0) is 30.3 Å². The molecule has 2 rings (SSSR count). The molecule has 0 unspecified atom stereocenters. The van der Waals surface area contributed by atoms with Crippen molar-refractivity contribution in [2.24, 2.45) is 0 Å². The second kappa shape index (κ2) is 6.78. The summed E-state index contributed by atoms with van der Waals surface area (Å²) in [6.45, 7) is 0. The van der Waals surface area contributed by atoms with Crippen LogP contribution in [0.25, 0.3) is 0 Å². The topological polar surface area (TPSA) is 49.3 Å². The van der Waals surface area contributed by atoms with Crippen LogP contribution in [0.5, 0.6) is 0 Å². The summed E-state index contributed by atoms with van der Waals surface area (Å²) in [6, 6.07) is 10.8.